The SMILES string of the molecule is COc1cc(-c2cc(=O)c3c(O)cc(O)cc3o2)cc(OC)c1O.COc1ccc(C=O)cc1O.O=C(O)/C=C/c1ccc(O)cc1.O=Cc1ccc(O)cc1.Oc1cccnc1. The number of methoxy groups -OCH3 is 3. The molecule has 0 aliphatic heterocycles. The van der Waals surface area contributed by atoms with Crippen LogP contribution in [-0.4, -0.2) is 85.7 Å². The number of rotatable bonds is 8. The first-order valence-corrected chi connectivity index (χ1v) is 17.9. The summed E-state index contributed by atoms with van der Waals surface area (Å²) >= 11 is 0. The molecule has 0 atom stereocenters. The van der Waals surface area contributed by atoms with Gasteiger partial charge in [0.15, 0.2) is 28.4 Å². The minimum atomic E-state index is -0.983. The second-order valence-corrected chi connectivity index (χ2v) is 12.3. The van der Waals surface area contributed by atoms with Gasteiger partial charge < -0.3 is 59.5 Å². The largest absolute Gasteiger partial charge is 0.508 e. The van der Waals surface area contributed by atoms with Gasteiger partial charge in [0.2, 0.25) is 5.75 Å². The number of carbonyl (C=O) groups excluding carboxylic acids is 2. The second kappa shape index (κ2) is 24.2. The Labute approximate surface area is 358 Å². The molecule has 2 aromatic heterocycles. The molecule has 2 heterocycles. The number of pyridine rings is 1. The molecule has 0 aliphatic carbocycles. The highest BCUT2D eigenvalue weighted by molar-refractivity contribution is 5.86. The highest BCUT2D eigenvalue weighted by atomic mass is 16.5. The van der Waals surface area contributed by atoms with Crippen LogP contribution in [-0.2, 0) is 4.79 Å². The Bertz CT molecular complexity index is 2650. The van der Waals surface area contributed by atoms with Crippen LogP contribution < -0.4 is 19.6 Å². The predicted molar refractivity (Wildman–Crippen MR) is 230 cm³/mol. The molecule has 0 aliphatic rings. The molecular weight excluding hydrogens is 822 g/mol. The number of phenolic OH excluding ortho intramolecular Hbond substituents is 6. The van der Waals surface area contributed by atoms with Crippen molar-refractivity contribution in [3.8, 4) is 68.8 Å². The summed E-state index contributed by atoms with van der Waals surface area (Å²) in [6.45, 7) is 0. The van der Waals surface area contributed by atoms with Crippen molar-refractivity contribution in [1.29, 1.82) is 0 Å². The van der Waals surface area contributed by atoms with Crippen LogP contribution in [0.25, 0.3) is 28.4 Å². The van der Waals surface area contributed by atoms with E-state index in [1.165, 1.54) is 88.2 Å². The Balaban J connectivity index is 0.000000228. The first kappa shape index (κ1) is 48.4. The number of nitrogens with zero attached hydrogens (tertiary/aromatic N) is 1. The molecule has 0 saturated carbocycles. The zero-order chi connectivity index (χ0) is 46.5. The molecule has 63 heavy (non-hydrogen) atoms. The van der Waals surface area contributed by atoms with Gasteiger partial charge in [-0.15, -0.1) is 0 Å². The lowest BCUT2D eigenvalue weighted by molar-refractivity contribution is -0.131. The van der Waals surface area contributed by atoms with Gasteiger partial charge in [-0.25, -0.2) is 4.79 Å². The van der Waals surface area contributed by atoms with E-state index < -0.39 is 11.4 Å². The highest BCUT2D eigenvalue weighted by Crippen LogP contribution is 2.41. The average Bonchev–Trinajstić information content (AvgIpc) is 3.27. The fourth-order valence-corrected chi connectivity index (χ4v) is 4.87. The number of ether oxygens (including phenoxy) is 3. The van der Waals surface area contributed by atoms with Gasteiger partial charge in [0.05, 0.1) is 27.5 Å². The van der Waals surface area contributed by atoms with Gasteiger partial charge in [0.25, 0.3) is 0 Å². The summed E-state index contributed by atoms with van der Waals surface area (Å²) in [5.74, 6) is -0.401. The number of hydrogen-bond donors (Lipinski definition) is 8. The molecule has 0 amide bonds. The number of aliphatic carboxylic acids is 1. The van der Waals surface area contributed by atoms with Crippen molar-refractivity contribution < 1.29 is 73.9 Å². The lowest BCUT2D eigenvalue weighted by Gasteiger charge is -2.11. The Kier molecular flexibility index (Phi) is 18.6. The van der Waals surface area contributed by atoms with Crippen molar-refractivity contribution in [2.75, 3.05) is 21.3 Å². The van der Waals surface area contributed by atoms with Crippen LogP contribution in [0.4, 0.5) is 0 Å². The molecule has 8 N–H and O–H groups in total. The molecule has 7 aromatic rings. The van der Waals surface area contributed by atoms with E-state index in [0.29, 0.717) is 28.7 Å². The minimum Gasteiger partial charge on any atom is -0.508 e. The van der Waals surface area contributed by atoms with Crippen LogP contribution >= 0.6 is 0 Å². The normalized spacial score (nSPS) is 9.89. The Hall–Kier alpha value is -8.99. The van der Waals surface area contributed by atoms with E-state index in [1.807, 2.05) is 0 Å². The monoisotopic (exact) mass is 863 g/mol. The maximum atomic E-state index is 12.3. The van der Waals surface area contributed by atoms with E-state index in [4.69, 9.17) is 44.2 Å². The number of benzene rings is 5. The van der Waals surface area contributed by atoms with Gasteiger partial charge in [-0.05, 0) is 90.5 Å². The van der Waals surface area contributed by atoms with Crippen LogP contribution in [0.5, 0.6) is 57.5 Å². The summed E-state index contributed by atoms with van der Waals surface area (Å²) in [5.41, 5.74) is 1.73. The molecule has 7 rings (SSSR count). The summed E-state index contributed by atoms with van der Waals surface area (Å²) in [6, 6.07) is 26.5. The summed E-state index contributed by atoms with van der Waals surface area (Å²) in [5, 5.41) is 72.9. The van der Waals surface area contributed by atoms with Crippen molar-refractivity contribution in [1.82, 2.24) is 4.98 Å². The third-order valence-corrected chi connectivity index (χ3v) is 7.88. The van der Waals surface area contributed by atoms with Gasteiger partial charge in [-0.2, -0.15) is 0 Å². The maximum Gasteiger partial charge on any atom is 0.328 e. The zero-order valence-electron chi connectivity index (χ0n) is 33.6. The first-order chi connectivity index (χ1) is 30.1. The van der Waals surface area contributed by atoms with Crippen LogP contribution in [0.2, 0.25) is 0 Å². The number of fused-ring (bicyclic) bond motifs is 1. The van der Waals surface area contributed by atoms with E-state index in [2.05, 4.69) is 4.98 Å². The van der Waals surface area contributed by atoms with Gasteiger partial charge in [-0.1, -0.05) is 12.1 Å². The van der Waals surface area contributed by atoms with Crippen LogP contribution in [0, 0.1) is 0 Å². The number of aldehydes is 2. The first-order valence-electron chi connectivity index (χ1n) is 17.9. The molecule has 5 aromatic carbocycles. The number of aromatic nitrogens is 1. The average molecular weight is 864 g/mol. The predicted octanol–water partition coefficient (Wildman–Crippen LogP) is 7.29. The maximum absolute atomic E-state index is 12.3. The lowest BCUT2D eigenvalue weighted by Crippen LogP contribution is -2.01. The second-order valence-electron chi connectivity index (χ2n) is 12.3. The molecule has 0 radical (unpaired) electrons. The third-order valence-electron chi connectivity index (χ3n) is 7.88. The van der Waals surface area contributed by atoms with Gasteiger partial charge in [-0.3, -0.25) is 19.4 Å². The Morgan fingerprint density at radius 3 is 1.62 bits per heavy atom. The lowest BCUT2D eigenvalue weighted by atomic mass is 10.1. The molecule has 0 bridgehead atoms. The van der Waals surface area contributed by atoms with Crippen LogP contribution in [0.1, 0.15) is 26.3 Å². The molecule has 0 unspecified atom stereocenters. The molecule has 17 heteroatoms. The topological polar surface area (TPSA) is 284 Å². The fraction of sp³-hybridized carbons (Fsp3) is 0.0652. The van der Waals surface area contributed by atoms with E-state index in [0.717, 1.165) is 24.0 Å². The number of hydrogen-bond acceptors (Lipinski definition) is 16. The molecule has 0 saturated heterocycles. The summed E-state index contributed by atoms with van der Waals surface area (Å²) in [4.78, 5) is 46.2. The summed E-state index contributed by atoms with van der Waals surface area (Å²) < 4.78 is 20.5. The molecule has 0 fully saturated rings. The Morgan fingerprint density at radius 2 is 1.16 bits per heavy atom. The van der Waals surface area contributed by atoms with Crippen LogP contribution in [0.15, 0.2) is 137 Å². The fourth-order valence-electron chi connectivity index (χ4n) is 4.87. The van der Waals surface area contributed by atoms with E-state index in [-0.39, 0.29) is 68.5 Å². The number of carboxylic acids is 1. The van der Waals surface area contributed by atoms with Crippen LogP contribution in [0.3, 0.4) is 0 Å². The van der Waals surface area contributed by atoms with Crippen molar-refractivity contribution in [2.45, 2.75) is 0 Å². The van der Waals surface area contributed by atoms with Gasteiger partial charge in [0.1, 0.15) is 58.0 Å². The number of phenols is 6. The number of carbonyl (C=O) groups is 3. The summed E-state index contributed by atoms with van der Waals surface area (Å²) in [6.07, 6.45) is 6.91. The number of carboxylic acid groups (broad SMARTS) is 1. The van der Waals surface area contributed by atoms with E-state index in [9.17, 15) is 34.5 Å². The van der Waals surface area contributed by atoms with E-state index >= 15 is 0 Å². The number of aromatic hydroxyl groups is 7. The van der Waals surface area contributed by atoms with Crippen molar-refractivity contribution in [2.24, 2.45) is 0 Å². The van der Waals surface area contributed by atoms with E-state index in [1.54, 1.807) is 54.7 Å². The minimum absolute atomic E-state index is 0.0166. The van der Waals surface area contributed by atoms with Crippen molar-refractivity contribution in [3.05, 3.63) is 155 Å². The third kappa shape index (κ3) is 15.3. The molecular formula is C46H41NO16. The van der Waals surface area contributed by atoms with Gasteiger partial charge >= 0.3 is 5.97 Å². The molecule has 17 nitrogen and oxygen atoms in total. The zero-order valence-corrected chi connectivity index (χ0v) is 33.6. The highest BCUT2D eigenvalue weighted by Gasteiger charge is 2.17. The van der Waals surface area contributed by atoms with Gasteiger partial charge in [0, 0.05) is 47.2 Å². The van der Waals surface area contributed by atoms with Crippen molar-refractivity contribution in [3.63, 3.8) is 0 Å². The van der Waals surface area contributed by atoms with Crippen molar-refractivity contribution >= 4 is 35.6 Å². The summed E-state index contributed by atoms with van der Waals surface area (Å²) in [7, 11) is 4.21. The standard InChI is InChI=1S/C17H14O7.C9H8O3.C8H8O3.C7H6O2.C5H5NO/c1-22-14-3-8(4-15(23-2)17(14)21)12-7-11(20)16-10(19)5-9(18)6-13(16)24-12;10-8-4-1-7(2-5-8)3-6-9(11)12;1-11-8-3-2-6(5-9)4-7(8)10;8-5-6-1-3-7(9)4-2-6;7-5-2-1-3-6-4-5/h3-7,18-19,21H,1-2H3;1-6,10H,(H,11,12);2-5,10H,1H3;1-5,9H;1-4,7H/b;6-3+;;;. The Morgan fingerprint density at radius 1 is 0.603 bits per heavy atom. The molecule has 0 spiro atoms. The quantitative estimate of drug-likeness (QED) is 0.0550. The molecule has 326 valence electrons. The smallest absolute Gasteiger partial charge is 0.328 e.